The molecule has 0 bridgehead atoms. The maximum atomic E-state index is 12.5. The number of carbonyl (C=O) groups excluding carboxylic acids is 3. The van der Waals surface area contributed by atoms with Crippen LogP contribution in [0.5, 0.6) is 0 Å². The summed E-state index contributed by atoms with van der Waals surface area (Å²) in [5, 5.41) is 8.23. The molecule has 0 aliphatic heterocycles. The lowest BCUT2D eigenvalue weighted by Gasteiger charge is -2.18. The summed E-state index contributed by atoms with van der Waals surface area (Å²) in [5.41, 5.74) is 3.54. The molecule has 0 aromatic heterocycles. The molecule has 6 nitrogen and oxygen atoms in total. The van der Waals surface area contributed by atoms with Crippen LogP contribution in [0.1, 0.15) is 44.4 Å². The van der Waals surface area contributed by atoms with E-state index in [1.54, 1.807) is 13.8 Å². The summed E-state index contributed by atoms with van der Waals surface area (Å²) in [6, 6.07) is 14.8. The predicted molar refractivity (Wildman–Crippen MR) is 124 cm³/mol. The van der Waals surface area contributed by atoms with Gasteiger partial charge in [-0.1, -0.05) is 36.8 Å². The largest absolute Gasteiger partial charge is 0.349 e. The molecule has 0 saturated carbocycles. The summed E-state index contributed by atoms with van der Waals surface area (Å²) in [6.45, 7) is 7.47. The zero-order chi connectivity index (χ0) is 22.1. The fourth-order valence-corrected chi connectivity index (χ4v) is 3.32. The Bertz CT molecular complexity index is 866. The zero-order valence-corrected chi connectivity index (χ0v) is 18.6. The number of thioether (sulfide) groups is 1. The molecule has 2 unspecified atom stereocenters. The van der Waals surface area contributed by atoms with E-state index in [4.69, 9.17) is 0 Å². The first-order valence-corrected chi connectivity index (χ1v) is 11.0. The summed E-state index contributed by atoms with van der Waals surface area (Å²) >= 11 is 1.29. The van der Waals surface area contributed by atoms with Crippen LogP contribution in [-0.2, 0) is 14.4 Å². The van der Waals surface area contributed by atoms with E-state index >= 15 is 0 Å². The highest BCUT2D eigenvalue weighted by molar-refractivity contribution is 8.01. The zero-order valence-electron chi connectivity index (χ0n) is 17.8. The smallest absolute Gasteiger partial charge is 0.234 e. The molecule has 160 valence electrons. The van der Waals surface area contributed by atoms with Crippen molar-refractivity contribution in [3.8, 4) is 0 Å². The van der Waals surface area contributed by atoms with E-state index in [0.717, 1.165) is 22.5 Å². The Hall–Kier alpha value is -2.80. The molecule has 0 heterocycles. The molecule has 2 aromatic rings. The summed E-state index contributed by atoms with van der Waals surface area (Å²) in [6.07, 6.45) is 0.423. The molecule has 0 spiro atoms. The van der Waals surface area contributed by atoms with Gasteiger partial charge in [0, 0.05) is 17.8 Å². The van der Waals surface area contributed by atoms with Gasteiger partial charge in [0.2, 0.25) is 17.7 Å². The van der Waals surface area contributed by atoms with Crippen LogP contribution < -0.4 is 16.0 Å². The van der Waals surface area contributed by atoms with Crippen molar-refractivity contribution in [1.82, 2.24) is 5.32 Å². The minimum atomic E-state index is -0.362. The van der Waals surface area contributed by atoms with Crippen LogP contribution in [0.3, 0.4) is 0 Å². The Kier molecular flexibility index (Phi) is 8.92. The number of anilines is 2. The third-order valence-electron chi connectivity index (χ3n) is 4.54. The third-order valence-corrected chi connectivity index (χ3v) is 5.69. The average Bonchev–Trinajstić information content (AvgIpc) is 2.73. The van der Waals surface area contributed by atoms with Gasteiger partial charge in [-0.3, -0.25) is 14.4 Å². The van der Waals surface area contributed by atoms with Crippen molar-refractivity contribution in [2.45, 2.75) is 45.4 Å². The van der Waals surface area contributed by atoms with E-state index < -0.39 is 0 Å². The summed E-state index contributed by atoms with van der Waals surface area (Å²) in [4.78, 5) is 36.0. The van der Waals surface area contributed by atoms with E-state index in [2.05, 4.69) is 16.0 Å². The van der Waals surface area contributed by atoms with Gasteiger partial charge >= 0.3 is 0 Å². The van der Waals surface area contributed by atoms with Crippen molar-refractivity contribution < 1.29 is 14.4 Å². The maximum Gasteiger partial charge on any atom is 0.234 e. The van der Waals surface area contributed by atoms with E-state index in [1.165, 1.54) is 11.8 Å². The van der Waals surface area contributed by atoms with Gasteiger partial charge in [0.15, 0.2) is 0 Å². The maximum absolute atomic E-state index is 12.5. The molecular weight excluding hydrogens is 398 g/mol. The van der Waals surface area contributed by atoms with Gasteiger partial charge in [-0.25, -0.2) is 0 Å². The van der Waals surface area contributed by atoms with Gasteiger partial charge in [0.05, 0.1) is 17.0 Å². The van der Waals surface area contributed by atoms with Crippen molar-refractivity contribution in [2.75, 3.05) is 16.4 Å². The number of rotatable bonds is 9. The van der Waals surface area contributed by atoms with E-state index in [-0.39, 0.29) is 34.8 Å². The van der Waals surface area contributed by atoms with Gasteiger partial charge in [-0.15, -0.1) is 11.8 Å². The fraction of sp³-hybridized carbons (Fsp3) is 0.348. The first-order chi connectivity index (χ1) is 14.3. The molecular formula is C23H29N3O3S. The van der Waals surface area contributed by atoms with Crippen LogP contribution in [0.15, 0.2) is 48.5 Å². The van der Waals surface area contributed by atoms with Crippen LogP contribution in [-0.4, -0.2) is 28.7 Å². The van der Waals surface area contributed by atoms with Gasteiger partial charge in [0.25, 0.3) is 0 Å². The number of hydrogen-bond acceptors (Lipinski definition) is 4. The number of aryl methyl sites for hydroxylation is 1. The quantitative estimate of drug-likeness (QED) is 0.557. The standard InChI is InChI=1S/C23H29N3O3S/c1-5-21(27)25-20-12-8-18(9-13-20)16(3)24-23(29)17(4)30-14-22(28)26-19-10-6-15(2)7-11-19/h6-13,16-17H,5,14H2,1-4H3,(H,24,29)(H,25,27)(H,26,28). The minimum Gasteiger partial charge on any atom is -0.349 e. The lowest BCUT2D eigenvalue weighted by molar-refractivity contribution is -0.121. The highest BCUT2D eigenvalue weighted by atomic mass is 32.2. The molecule has 2 aromatic carbocycles. The first kappa shape index (κ1) is 23.5. The van der Waals surface area contributed by atoms with Crippen LogP contribution in [0.4, 0.5) is 11.4 Å². The van der Waals surface area contributed by atoms with Crippen molar-refractivity contribution in [3.63, 3.8) is 0 Å². The van der Waals surface area contributed by atoms with E-state index in [1.807, 2.05) is 62.4 Å². The SMILES string of the molecule is CCC(=O)Nc1ccc(C(C)NC(=O)C(C)SCC(=O)Nc2ccc(C)cc2)cc1. The number of hydrogen-bond donors (Lipinski definition) is 3. The van der Waals surface area contributed by atoms with Crippen LogP contribution >= 0.6 is 11.8 Å². The molecule has 3 amide bonds. The highest BCUT2D eigenvalue weighted by Crippen LogP contribution is 2.18. The van der Waals surface area contributed by atoms with Crippen molar-refractivity contribution in [3.05, 3.63) is 59.7 Å². The predicted octanol–water partition coefficient (Wildman–Crippen LogP) is 4.28. The second kappa shape index (κ2) is 11.4. The third kappa shape index (κ3) is 7.55. The van der Waals surface area contributed by atoms with Gasteiger partial charge in [-0.2, -0.15) is 0 Å². The first-order valence-electron chi connectivity index (χ1n) is 9.96. The number of nitrogens with one attached hydrogen (secondary N) is 3. The Morgan fingerprint density at radius 2 is 1.40 bits per heavy atom. The molecule has 2 atom stereocenters. The topological polar surface area (TPSA) is 87.3 Å². The molecule has 30 heavy (non-hydrogen) atoms. The normalized spacial score (nSPS) is 12.5. The van der Waals surface area contributed by atoms with Gasteiger partial charge < -0.3 is 16.0 Å². The van der Waals surface area contributed by atoms with Gasteiger partial charge in [-0.05, 0) is 50.6 Å². The monoisotopic (exact) mass is 427 g/mol. The minimum absolute atomic E-state index is 0.0404. The number of carbonyl (C=O) groups is 3. The number of benzene rings is 2. The number of amides is 3. The lowest BCUT2D eigenvalue weighted by Crippen LogP contribution is -2.33. The molecule has 0 fully saturated rings. The highest BCUT2D eigenvalue weighted by Gasteiger charge is 2.18. The van der Waals surface area contributed by atoms with E-state index in [0.29, 0.717) is 6.42 Å². The Balaban J connectivity index is 1.79. The summed E-state index contributed by atoms with van der Waals surface area (Å²) in [5.74, 6) is -0.107. The molecule has 7 heteroatoms. The second-order valence-corrected chi connectivity index (χ2v) is 8.45. The summed E-state index contributed by atoms with van der Waals surface area (Å²) < 4.78 is 0. The van der Waals surface area contributed by atoms with Gasteiger partial charge in [0.1, 0.15) is 0 Å². The van der Waals surface area contributed by atoms with Crippen LogP contribution in [0.2, 0.25) is 0 Å². The molecule has 0 aliphatic rings. The Morgan fingerprint density at radius 1 is 0.867 bits per heavy atom. The molecule has 3 N–H and O–H groups in total. The summed E-state index contributed by atoms with van der Waals surface area (Å²) in [7, 11) is 0. The molecule has 0 radical (unpaired) electrons. The lowest BCUT2D eigenvalue weighted by atomic mass is 10.1. The van der Waals surface area contributed by atoms with Crippen molar-refractivity contribution in [2.24, 2.45) is 0 Å². The fourth-order valence-electron chi connectivity index (χ4n) is 2.63. The Morgan fingerprint density at radius 3 is 1.97 bits per heavy atom. The van der Waals surface area contributed by atoms with E-state index in [9.17, 15) is 14.4 Å². The van der Waals surface area contributed by atoms with Crippen molar-refractivity contribution in [1.29, 1.82) is 0 Å². The van der Waals surface area contributed by atoms with Crippen molar-refractivity contribution >= 4 is 40.9 Å². The second-order valence-electron chi connectivity index (χ2n) is 7.12. The molecule has 0 aliphatic carbocycles. The molecule has 0 saturated heterocycles. The van der Waals surface area contributed by atoms with Crippen LogP contribution in [0, 0.1) is 6.92 Å². The molecule has 2 rings (SSSR count). The van der Waals surface area contributed by atoms with Crippen LogP contribution in [0.25, 0.3) is 0 Å². The Labute approximate surface area is 182 Å². The average molecular weight is 428 g/mol.